The summed E-state index contributed by atoms with van der Waals surface area (Å²) < 4.78 is 37.1. The van der Waals surface area contributed by atoms with Gasteiger partial charge in [0, 0.05) is 18.0 Å². The molecule has 2 aromatic rings. The van der Waals surface area contributed by atoms with Crippen LogP contribution in [0.5, 0.6) is 0 Å². The standard InChI is InChI=1S/C29H38F2N4O2S/c1-35(2)17-14-24(13-10-21-8-11-23(30)12-9-21)33-27-22(20-32)18-25(19-26(27)31)38-34-28(36)29(37-3)15-6-4-5-7-16-29/h8-9,11-12,18-19,24,33H,4-7,10,13-17H2,1-3H3,(H,34,36). The Morgan fingerprint density at radius 2 is 1.82 bits per heavy atom. The summed E-state index contributed by atoms with van der Waals surface area (Å²) in [6.07, 6.45) is 7.44. The summed E-state index contributed by atoms with van der Waals surface area (Å²) in [5, 5.41) is 13.1. The highest BCUT2D eigenvalue weighted by Crippen LogP contribution is 2.32. The van der Waals surface area contributed by atoms with Crippen LogP contribution < -0.4 is 10.0 Å². The summed E-state index contributed by atoms with van der Waals surface area (Å²) in [5.41, 5.74) is 0.456. The maximum atomic E-state index is 15.3. The number of methoxy groups -OCH3 is 1. The Bertz CT molecular complexity index is 1100. The molecule has 1 fully saturated rings. The summed E-state index contributed by atoms with van der Waals surface area (Å²) >= 11 is 1.00. The number of anilines is 1. The van der Waals surface area contributed by atoms with Crippen molar-refractivity contribution in [2.24, 2.45) is 0 Å². The lowest BCUT2D eigenvalue weighted by atomic mass is 9.93. The molecule has 206 valence electrons. The largest absolute Gasteiger partial charge is 0.379 e. The summed E-state index contributed by atoms with van der Waals surface area (Å²) in [6.45, 7) is 0.784. The number of rotatable bonds is 12. The van der Waals surface area contributed by atoms with Crippen molar-refractivity contribution in [1.82, 2.24) is 9.62 Å². The molecule has 1 aliphatic carbocycles. The fourth-order valence-electron chi connectivity index (χ4n) is 4.80. The first kappa shape index (κ1) is 29.9. The predicted molar refractivity (Wildman–Crippen MR) is 148 cm³/mol. The Kier molecular flexibility index (Phi) is 11.4. The van der Waals surface area contributed by atoms with Gasteiger partial charge in [0.2, 0.25) is 0 Å². The zero-order chi connectivity index (χ0) is 27.5. The minimum atomic E-state index is -0.869. The quantitative estimate of drug-likeness (QED) is 0.250. The van der Waals surface area contributed by atoms with E-state index in [0.29, 0.717) is 30.6 Å². The van der Waals surface area contributed by atoms with Crippen molar-refractivity contribution < 1.29 is 18.3 Å². The van der Waals surface area contributed by atoms with E-state index in [1.807, 2.05) is 14.1 Å². The average Bonchev–Trinajstić information content (AvgIpc) is 3.17. The van der Waals surface area contributed by atoms with Crippen molar-refractivity contribution in [3.05, 3.63) is 59.2 Å². The molecular formula is C29H38F2N4O2S. The van der Waals surface area contributed by atoms with Crippen LogP contribution >= 0.6 is 11.9 Å². The molecule has 38 heavy (non-hydrogen) atoms. The molecule has 0 aromatic heterocycles. The third-order valence-electron chi connectivity index (χ3n) is 7.13. The average molecular weight is 545 g/mol. The van der Waals surface area contributed by atoms with Gasteiger partial charge in [0.1, 0.15) is 23.3 Å². The van der Waals surface area contributed by atoms with Crippen LogP contribution in [0, 0.1) is 23.0 Å². The highest BCUT2D eigenvalue weighted by atomic mass is 32.2. The number of nitriles is 1. The molecule has 6 nitrogen and oxygen atoms in total. The molecular weight excluding hydrogens is 506 g/mol. The zero-order valence-corrected chi connectivity index (χ0v) is 23.3. The van der Waals surface area contributed by atoms with Gasteiger partial charge in [-0.3, -0.25) is 9.52 Å². The van der Waals surface area contributed by atoms with E-state index in [9.17, 15) is 14.4 Å². The van der Waals surface area contributed by atoms with Gasteiger partial charge in [0.05, 0.1) is 11.3 Å². The second kappa shape index (κ2) is 14.5. The van der Waals surface area contributed by atoms with E-state index in [4.69, 9.17) is 4.74 Å². The minimum absolute atomic E-state index is 0.0981. The Morgan fingerprint density at radius 3 is 2.42 bits per heavy atom. The first-order valence-corrected chi connectivity index (χ1v) is 14.0. The third kappa shape index (κ3) is 8.42. The van der Waals surface area contributed by atoms with Crippen molar-refractivity contribution >= 4 is 23.5 Å². The lowest BCUT2D eigenvalue weighted by molar-refractivity contribution is -0.143. The molecule has 0 radical (unpaired) electrons. The van der Waals surface area contributed by atoms with Crippen LogP contribution in [-0.2, 0) is 16.0 Å². The van der Waals surface area contributed by atoms with Crippen LogP contribution in [0.15, 0.2) is 41.3 Å². The van der Waals surface area contributed by atoms with Gasteiger partial charge in [-0.2, -0.15) is 5.26 Å². The molecule has 3 rings (SSSR count). The van der Waals surface area contributed by atoms with E-state index in [1.54, 1.807) is 25.3 Å². The fraction of sp³-hybridized carbons (Fsp3) is 0.517. The molecule has 1 saturated carbocycles. The SMILES string of the molecule is COC1(C(=O)NSc2cc(F)c(NC(CCc3ccc(F)cc3)CCN(C)C)c(C#N)c2)CCCCCC1. The first-order chi connectivity index (χ1) is 18.3. The van der Waals surface area contributed by atoms with E-state index < -0.39 is 11.4 Å². The van der Waals surface area contributed by atoms with Gasteiger partial charge in [0.25, 0.3) is 5.91 Å². The summed E-state index contributed by atoms with van der Waals surface area (Å²) in [7, 11) is 5.51. The van der Waals surface area contributed by atoms with E-state index in [0.717, 1.165) is 56.2 Å². The normalized spacial score (nSPS) is 15.9. The summed E-state index contributed by atoms with van der Waals surface area (Å²) in [4.78, 5) is 15.5. The number of carbonyl (C=O) groups is 1. The molecule has 2 aromatic carbocycles. The predicted octanol–water partition coefficient (Wildman–Crippen LogP) is 6.06. The third-order valence-corrected chi connectivity index (χ3v) is 7.89. The zero-order valence-electron chi connectivity index (χ0n) is 22.5. The first-order valence-electron chi connectivity index (χ1n) is 13.2. The van der Waals surface area contributed by atoms with E-state index in [1.165, 1.54) is 18.2 Å². The molecule has 0 aliphatic heterocycles. The van der Waals surface area contributed by atoms with Crippen molar-refractivity contribution in [3.8, 4) is 6.07 Å². The molecule has 1 amide bonds. The van der Waals surface area contributed by atoms with Crippen molar-refractivity contribution in [1.29, 1.82) is 5.26 Å². The molecule has 2 N–H and O–H groups in total. The molecule has 0 saturated heterocycles. The highest BCUT2D eigenvalue weighted by Gasteiger charge is 2.38. The minimum Gasteiger partial charge on any atom is -0.379 e. The highest BCUT2D eigenvalue weighted by molar-refractivity contribution is 7.98. The number of nitrogens with one attached hydrogen (secondary N) is 2. The smallest absolute Gasteiger partial charge is 0.262 e. The van der Waals surface area contributed by atoms with E-state index in [-0.39, 0.29) is 29.0 Å². The molecule has 1 aliphatic rings. The van der Waals surface area contributed by atoms with E-state index >= 15 is 4.39 Å². The molecule has 0 bridgehead atoms. The number of hydrogen-bond acceptors (Lipinski definition) is 6. The number of aryl methyl sites for hydroxylation is 1. The number of ether oxygens (including phenoxy) is 1. The lowest BCUT2D eigenvalue weighted by Crippen LogP contribution is -2.45. The number of benzene rings is 2. The second-order valence-corrected chi connectivity index (χ2v) is 11.1. The van der Waals surface area contributed by atoms with Crippen LogP contribution in [0.3, 0.4) is 0 Å². The van der Waals surface area contributed by atoms with Crippen molar-refractivity contribution in [3.63, 3.8) is 0 Å². The van der Waals surface area contributed by atoms with Gasteiger partial charge in [-0.05, 0) is 94.5 Å². The fourth-order valence-corrected chi connectivity index (χ4v) is 5.53. The van der Waals surface area contributed by atoms with Gasteiger partial charge < -0.3 is 15.0 Å². The monoisotopic (exact) mass is 544 g/mol. The van der Waals surface area contributed by atoms with Gasteiger partial charge in [0.15, 0.2) is 0 Å². The summed E-state index contributed by atoms with van der Waals surface area (Å²) in [6, 6.07) is 11.3. The van der Waals surface area contributed by atoms with E-state index in [2.05, 4.69) is 21.0 Å². The van der Waals surface area contributed by atoms with Crippen LogP contribution in [0.2, 0.25) is 0 Å². The molecule has 1 atom stereocenters. The van der Waals surface area contributed by atoms with Crippen LogP contribution in [0.4, 0.5) is 14.5 Å². The Morgan fingerprint density at radius 1 is 1.13 bits per heavy atom. The van der Waals surface area contributed by atoms with Crippen LogP contribution in [0.1, 0.15) is 62.5 Å². The number of amides is 1. The van der Waals surface area contributed by atoms with Crippen molar-refractivity contribution in [2.75, 3.05) is 33.1 Å². The number of hydrogen-bond donors (Lipinski definition) is 2. The van der Waals surface area contributed by atoms with Crippen molar-refractivity contribution in [2.45, 2.75) is 74.3 Å². The molecule has 1 unspecified atom stereocenters. The summed E-state index contributed by atoms with van der Waals surface area (Å²) in [5.74, 6) is -1.05. The second-order valence-electron chi connectivity index (χ2n) is 10.2. The van der Waals surface area contributed by atoms with Gasteiger partial charge in [-0.25, -0.2) is 8.78 Å². The van der Waals surface area contributed by atoms with Crippen LogP contribution in [0.25, 0.3) is 0 Å². The van der Waals surface area contributed by atoms with Gasteiger partial charge in [-0.1, -0.05) is 37.8 Å². The molecule has 0 spiro atoms. The van der Waals surface area contributed by atoms with Gasteiger partial charge >= 0.3 is 0 Å². The maximum Gasteiger partial charge on any atom is 0.262 e. The maximum absolute atomic E-state index is 15.3. The van der Waals surface area contributed by atoms with Crippen LogP contribution in [-0.4, -0.2) is 50.2 Å². The number of nitrogens with zero attached hydrogens (tertiary/aromatic N) is 2. The van der Waals surface area contributed by atoms with Gasteiger partial charge in [-0.15, -0.1) is 0 Å². The number of carbonyl (C=O) groups excluding carboxylic acids is 1. The number of halogens is 2. The molecule has 0 heterocycles. The Labute approximate surface area is 229 Å². The topological polar surface area (TPSA) is 77.4 Å². The lowest BCUT2D eigenvalue weighted by Gasteiger charge is -2.29. The Balaban J connectivity index is 1.71. The molecule has 9 heteroatoms. The Hall–Kier alpha value is -2.67.